The summed E-state index contributed by atoms with van der Waals surface area (Å²) in [5.74, 6) is 0.605. The quantitative estimate of drug-likeness (QED) is 0.597. The van der Waals surface area contributed by atoms with Crippen molar-refractivity contribution in [2.45, 2.75) is 38.0 Å². The number of aromatic amines is 1. The highest BCUT2D eigenvalue weighted by Gasteiger charge is 2.53. The smallest absolute Gasteiger partial charge is 0.233 e. The van der Waals surface area contributed by atoms with Crippen LogP contribution in [0.1, 0.15) is 19.8 Å². The molecule has 2 bridgehead atoms. The molecule has 2 aliphatic heterocycles. The van der Waals surface area contributed by atoms with E-state index in [1.165, 1.54) is 0 Å². The normalized spacial score (nSPS) is 27.9. The number of aromatic nitrogens is 4. The van der Waals surface area contributed by atoms with E-state index in [0.717, 1.165) is 30.5 Å². The molecule has 3 N–H and O–H groups in total. The van der Waals surface area contributed by atoms with Gasteiger partial charge in [-0.25, -0.2) is 0 Å². The molecule has 1 aromatic carbocycles. The second-order valence-corrected chi connectivity index (χ2v) is 8.39. The van der Waals surface area contributed by atoms with Crippen LogP contribution in [0.2, 0.25) is 0 Å². The molecule has 6 rings (SSSR count). The zero-order valence-electron chi connectivity index (χ0n) is 17.0. The number of nitrogens with zero attached hydrogens (tertiary/aromatic N) is 3. The fraction of sp³-hybridized carbons (Fsp3) is 0.409. The number of benzene rings is 1. The van der Waals surface area contributed by atoms with Crippen molar-refractivity contribution in [3.63, 3.8) is 0 Å². The molecule has 2 saturated heterocycles. The van der Waals surface area contributed by atoms with E-state index in [-0.39, 0.29) is 23.4 Å². The van der Waals surface area contributed by atoms with Crippen molar-refractivity contribution in [2.75, 3.05) is 13.7 Å². The molecule has 30 heavy (non-hydrogen) atoms. The summed E-state index contributed by atoms with van der Waals surface area (Å²) in [7, 11) is 1.73. The van der Waals surface area contributed by atoms with Gasteiger partial charge in [0.1, 0.15) is 18.0 Å². The van der Waals surface area contributed by atoms with Gasteiger partial charge in [0.2, 0.25) is 5.88 Å². The first-order valence-electron chi connectivity index (χ1n) is 10.2. The number of hydrogen-bond acceptors (Lipinski definition) is 7. The van der Waals surface area contributed by atoms with E-state index < -0.39 is 0 Å². The Morgan fingerprint density at radius 1 is 1.17 bits per heavy atom. The lowest BCUT2D eigenvalue weighted by Crippen LogP contribution is -2.68. The molecule has 4 heterocycles. The third-order valence-electron chi connectivity index (χ3n) is 6.44. The van der Waals surface area contributed by atoms with Gasteiger partial charge in [-0.2, -0.15) is 5.10 Å². The lowest BCUT2D eigenvalue weighted by Gasteiger charge is -2.53. The van der Waals surface area contributed by atoms with Crippen molar-refractivity contribution in [1.29, 1.82) is 0 Å². The topological polar surface area (TPSA) is 105 Å². The van der Waals surface area contributed by atoms with Gasteiger partial charge in [0.25, 0.3) is 0 Å². The highest BCUT2D eigenvalue weighted by Crippen LogP contribution is 2.43. The highest BCUT2D eigenvalue weighted by molar-refractivity contribution is 5.73. The molecule has 8 nitrogen and oxygen atoms in total. The maximum Gasteiger partial charge on any atom is 0.233 e. The second kappa shape index (κ2) is 7.37. The van der Waals surface area contributed by atoms with Gasteiger partial charge < -0.3 is 19.9 Å². The average Bonchev–Trinajstić information content (AvgIpc) is 3.30. The Morgan fingerprint density at radius 2 is 2.07 bits per heavy atom. The molecule has 2 unspecified atom stereocenters. The molecular formula is C22H25N5O3. The Morgan fingerprint density at radius 3 is 2.70 bits per heavy atom. The lowest BCUT2D eigenvalue weighted by molar-refractivity contribution is -0.134. The number of fused-ring (bicyclic) bond motifs is 3. The third-order valence-corrected chi connectivity index (χ3v) is 6.44. The van der Waals surface area contributed by atoms with E-state index in [1.54, 1.807) is 31.6 Å². The van der Waals surface area contributed by atoms with E-state index >= 15 is 0 Å². The molecule has 4 atom stereocenters. The summed E-state index contributed by atoms with van der Waals surface area (Å²) in [6, 6.07) is 9.37. The summed E-state index contributed by atoms with van der Waals surface area (Å²) >= 11 is 0. The first kappa shape index (κ1) is 19.0. The van der Waals surface area contributed by atoms with Crippen LogP contribution in [0.3, 0.4) is 0 Å². The Hall–Kier alpha value is -2.97. The highest BCUT2D eigenvalue weighted by atomic mass is 16.5. The van der Waals surface area contributed by atoms with Crippen LogP contribution in [0.4, 0.5) is 0 Å². The molecule has 3 aromatic rings. The van der Waals surface area contributed by atoms with Gasteiger partial charge in [-0.3, -0.25) is 5.10 Å². The first-order valence-corrected chi connectivity index (χ1v) is 10.2. The maximum atomic E-state index is 10.5. The van der Waals surface area contributed by atoms with Gasteiger partial charge >= 0.3 is 0 Å². The summed E-state index contributed by atoms with van der Waals surface area (Å²) in [6.07, 6.45) is 5.58. The molecule has 156 valence electrons. The van der Waals surface area contributed by atoms with E-state index in [9.17, 15) is 5.11 Å². The number of hydrogen-bond donors (Lipinski definition) is 3. The largest absolute Gasteiger partial charge is 0.507 e. The summed E-state index contributed by atoms with van der Waals surface area (Å²) in [4.78, 5) is 0. The number of piperidine rings is 2. The van der Waals surface area contributed by atoms with Crippen LogP contribution in [0, 0.1) is 5.41 Å². The monoisotopic (exact) mass is 407 g/mol. The van der Waals surface area contributed by atoms with Crippen LogP contribution < -0.4 is 10.1 Å². The molecule has 0 amide bonds. The zero-order valence-corrected chi connectivity index (χ0v) is 17.0. The maximum absolute atomic E-state index is 10.5. The molecule has 1 aliphatic carbocycles. The fourth-order valence-electron chi connectivity index (χ4n) is 4.66. The zero-order chi connectivity index (χ0) is 20.7. The van der Waals surface area contributed by atoms with Crippen molar-refractivity contribution in [3.8, 4) is 34.0 Å². The van der Waals surface area contributed by atoms with Gasteiger partial charge in [-0.15, -0.1) is 10.2 Å². The third kappa shape index (κ3) is 3.22. The van der Waals surface area contributed by atoms with Crippen LogP contribution in [0.25, 0.3) is 22.4 Å². The Balaban J connectivity index is 1.36. The van der Waals surface area contributed by atoms with Crippen molar-refractivity contribution in [3.05, 3.63) is 42.7 Å². The fourth-order valence-corrected chi connectivity index (χ4v) is 4.66. The number of methoxy groups -OCH3 is 1. The number of aromatic hydroxyl groups is 1. The molecule has 8 heteroatoms. The van der Waals surface area contributed by atoms with E-state index in [0.29, 0.717) is 23.2 Å². The molecule has 0 radical (unpaired) electrons. The van der Waals surface area contributed by atoms with E-state index in [1.807, 2.05) is 18.2 Å². The number of phenols is 1. The number of ether oxygens (including phenoxy) is 2. The van der Waals surface area contributed by atoms with Gasteiger partial charge in [-0.05, 0) is 36.6 Å². The van der Waals surface area contributed by atoms with Gasteiger partial charge in [0, 0.05) is 48.5 Å². The lowest BCUT2D eigenvalue weighted by atomic mass is 9.66. The number of nitrogens with one attached hydrogen (secondary N) is 2. The molecule has 3 aliphatic rings. The molecule has 2 aromatic heterocycles. The van der Waals surface area contributed by atoms with Crippen molar-refractivity contribution in [1.82, 2.24) is 25.7 Å². The van der Waals surface area contributed by atoms with Crippen LogP contribution in [-0.4, -0.2) is 57.4 Å². The minimum Gasteiger partial charge on any atom is -0.507 e. The van der Waals surface area contributed by atoms with Crippen molar-refractivity contribution in [2.24, 2.45) is 5.41 Å². The van der Waals surface area contributed by atoms with Crippen molar-refractivity contribution < 1.29 is 14.6 Å². The number of H-pyrrole nitrogens is 1. The number of rotatable bonds is 5. The Kier molecular flexibility index (Phi) is 4.67. The summed E-state index contributed by atoms with van der Waals surface area (Å²) in [5.41, 5.74) is 2.97. The summed E-state index contributed by atoms with van der Waals surface area (Å²) < 4.78 is 12.0. The minimum atomic E-state index is -0.0784. The predicted octanol–water partition coefficient (Wildman–Crippen LogP) is 2.77. The van der Waals surface area contributed by atoms with Crippen LogP contribution in [-0.2, 0) is 4.74 Å². The Labute approximate surface area is 174 Å². The molecule has 0 spiro atoms. The standard InChI is InChI=1S/C22H25N5O3/c1-22-8-7-17(23-12-22)20(29-2)21(22)30-19-6-5-16(26-27-19)15-4-3-13(9-18(15)28)14-10-24-25-11-14/h3-6,9-11,17,20-21,23,28H,7-8,12H2,1-2H3,(H,24,25)/t17?,20?,21-,22+/m0/s1. The minimum absolute atomic E-state index is 0.00301. The summed E-state index contributed by atoms with van der Waals surface area (Å²) in [5, 5.41) is 29.3. The van der Waals surface area contributed by atoms with Crippen LogP contribution >= 0.6 is 0 Å². The Bertz CT molecular complexity index is 1010. The number of phenolic OH excluding ortho intramolecular Hbond substituents is 1. The predicted molar refractivity (Wildman–Crippen MR) is 111 cm³/mol. The van der Waals surface area contributed by atoms with Gasteiger partial charge in [0.15, 0.2) is 0 Å². The molecule has 3 fully saturated rings. The van der Waals surface area contributed by atoms with E-state index in [4.69, 9.17) is 9.47 Å². The SMILES string of the molecule is COC1C2CC[C@](C)(CN2)[C@H]1Oc1ccc(-c2ccc(-c3cn[nH]c3)cc2O)nn1. The van der Waals surface area contributed by atoms with Crippen molar-refractivity contribution >= 4 is 0 Å². The first-order chi connectivity index (χ1) is 14.6. The second-order valence-electron chi connectivity index (χ2n) is 8.39. The van der Waals surface area contributed by atoms with Crippen LogP contribution in [0.5, 0.6) is 11.6 Å². The summed E-state index contributed by atoms with van der Waals surface area (Å²) in [6.45, 7) is 3.14. The molecule has 1 saturated carbocycles. The molecular weight excluding hydrogens is 382 g/mol. The van der Waals surface area contributed by atoms with Gasteiger partial charge in [0.05, 0.1) is 11.9 Å². The average molecular weight is 407 g/mol. The van der Waals surface area contributed by atoms with Gasteiger partial charge in [-0.1, -0.05) is 13.0 Å². The van der Waals surface area contributed by atoms with E-state index in [2.05, 4.69) is 32.6 Å². The van der Waals surface area contributed by atoms with Crippen LogP contribution in [0.15, 0.2) is 42.7 Å².